The Morgan fingerprint density at radius 3 is 2.57 bits per heavy atom. The molecular formula is C8H4F3IN2. The van der Waals surface area contributed by atoms with Gasteiger partial charge in [-0.3, -0.25) is 0 Å². The summed E-state index contributed by atoms with van der Waals surface area (Å²) in [5.41, 5.74) is -0.617. The molecule has 74 valence electrons. The van der Waals surface area contributed by atoms with Gasteiger partial charge in [-0.1, -0.05) is 0 Å². The lowest BCUT2D eigenvalue weighted by Crippen LogP contribution is -2.07. The summed E-state index contributed by atoms with van der Waals surface area (Å²) in [7, 11) is 0. The van der Waals surface area contributed by atoms with Gasteiger partial charge in [0.2, 0.25) is 0 Å². The molecule has 1 rings (SSSR count). The molecule has 0 unspecified atom stereocenters. The van der Waals surface area contributed by atoms with Crippen molar-refractivity contribution < 1.29 is 13.2 Å². The molecule has 14 heavy (non-hydrogen) atoms. The number of hydrogen-bond acceptors (Lipinski definition) is 2. The minimum absolute atomic E-state index is 0.111. The first-order valence-corrected chi connectivity index (χ1v) is 4.62. The topological polar surface area (TPSA) is 36.7 Å². The van der Waals surface area contributed by atoms with Gasteiger partial charge in [-0.25, -0.2) is 4.98 Å². The van der Waals surface area contributed by atoms with Gasteiger partial charge in [0.25, 0.3) is 0 Å². The molecule has 0 amide bonds. The number of nitriles is 1. The maximum Gasteiger partial charge on any atom is 0.416 e. The van der Waals surface area contributed by atoms with Gasteiger partial charge in [0.15, 0.2) is 0 Å². The molecule has 0 saturated carbocycles. The average molecular weight is 312 g/mol. The van der Waals surface area contributed by atoms with E-state index < -0.39 is 11.7 Å². The summed E-state index contributed by atoms with van der Waals surface area (Å²) in [5, 5.41) is 8.33. The number of hydrogen-bond donors (Lipinski definition) is 0. The van der Waals surface area contributed by atoms with Gasteiger partial charge in [-0.15, -0.1) is 0 Å². The number of halogens is 4. The van der Waals surface area contributed by atoms with Gasteiger partial charge >= 0.3 is 6.18 Å². The molecule has 0 atom stereocenters. The first-order chi connectivity index (χ1) is 6.43. The fraction of sp³-hybridized carbons (Fsp3) is 0.250. The molecule has 2 nitrogen and oxygen atoms in total. The molecule has 0 aromatic carbocycles. The minimum atomic E-state index is -4.38. The second kappa shape index (κ2) is 4.13. The van der Waals surface area contributed by atoms with Crippen LogP contribution in [0, 0.1) is 15.0 Å². The van der Waals surface area contributed by atoms with Crippen molar-refractivity contribution in [1.82, 2.24) is 4.98 Å². The predicted molar refractivity (Wildman–Crippen MR) is 51.3 cm³/mol. The first-order valence-electron chi connectivity index (χ1n) is 3.54. The molecule has 0 aliphatic rings. The first kappa shape index (κ1) is 11.2. The Morgan fingerprint density at radius 1 is 1.43 bits per heavy atom. The lowest BCUT2D eigenvalue weighted by atomic mass is 10.2. The third-order valence-electron chi connectivity index (χ3n) is 1.43. The van der Waals surface area contributed by atoms with E-state index >= 15 is 0 Å². The molecule has 0 aliphatic heterocycles. The zero-order chi connectivity index (χ0) is 10.8. The molecule has 1 aromatic rings. The van der Waals surface area contributed by atoms with Crippen LogP contribution in [0.2, 0.25) is 0 Å². The molecule has 0 fully saturated rings. The van der Waals surface area contributed by atoms with Crippen LogP contribution in [0.3, 0.4) is 0 Å². The fourth-order valence-electron chi connectivity index (χ4n) is 0.886. The zero-order valence-electron chi connectivity index (χ0n) is 6.77. The van der Waals surface area contributed by atoms with Crippen molar-refractivity contribution in [3.8, 4) is 6.07 Å². The zero-order valence-corrected chi connectivity index (χ0v) is 8.93. The molecular weight excluding hydrogens is 308 g/mol. The van der Waals surface area contributed by atoms with Crippen molar-refractivity contribution >= 4 is 22.6 Å². The number of aromatic nitrogens is 1. The molecule has 0 radical (unpaired) electrons. The van der Waals surface area contributed by atoms with Gasteiger partial charge < -0.3 is 0 Å². The number of rotatable bonds is 1. The smallest absolute Gasteiger partial charge is 0.246 e. The van der Waals surface area contributed by atoms with E-state index in [9.17, 15) is 13.2 Å². The second-order valence-corrected chi connectivity index (χ2v) is 3.61. The number of nitrogens with zero attached hydrogens (tertiary/aromatic N) is 2. The maximum atomic E-state index is 12.3. The molecule has 0 spiro atoms. The fourth-order valence-corrected chi connectivity index (χ4v) is 1.53. The van der Waals surface area contributed by atoms with Crippen LogP contribution in [0.4, 0.5) is 13.2 Å². The van der Waals surface area contributed by atoms with Crippen LogP contribution < -0.4 is 0 Å². The molecule has 1 aromatic heterocycles. The molecule has 6 heteroatoms. The molecule has 0 N–H and O–H groups in total. The summed E-state index contributed by atoms with van der Waals surface area (Å²) in [5.74, 6) is 0. The van der Waals surface area contributed by atoms with Gasteiger partial charge in [-0.05, 0) is 34.7 Å². The van der Waals surface area contributed by atoms with Crippen LogP contribution in [0.5, 0.6) is 0 Å². The van der Waals surface area contributed by atoms with E-state index in [-0.39, 0.29) is 15.8 Å². The Kier molecular flexibility index (Phi) is 3.31. The molecule has 0 saturated heterocycles. The highest BCUT2D eigenvalue weighted by molar-refractivity contribution is 14.1. The predicted octanol–water partition coefficient (Wildman–Crippen LogP) is 2.77. The summed E-state index contributed by atoms with van der Waals surface area (Å²) >= 11 is 1.69. The second-order valence-electron chi connectivity index (χ2n) is 2.50. The Balaban J connectivity index is 3.15. The Morgan fingerprint density at radius 2 is 2.07 bits per heavy atom. The SMILES string of the molecule is N#CCc1cc(C(F)(F)F)cc(I)n1. The Labute approximate surface area is 91.9 Å². The Bertz CT molecular complexity index is 381. The van der Waals surface area contributed by atoms with E-state index in [2.05, 4.69) is 4.98 Å². The largest absolute Gasteiger partial charge is 0.416 e. The van der Waals surface area contributed by atoms with E-state index in [0.29, 0.717) is 0 Å². The van der Waals surface area contributed by atoms with Crippen LogP contribution in [0.1, 0.15) is 11.3 Å². The maximum absolute atomic E-state index is 12.3. The highest BCUT2D eigenvalue weighted by Gasteiger charge is 2.31. The van der Waals surface area contributed by atoms with Crippen LogP contribution in [0.25, 0.3) is 0 Å². The third kappa shape index (κ3) is 2.83. The van der Waals surface area contributed by atoms with E-state index in [1.807, 2.05) is 0 Å². The average Bonchev–Trinajstić information content (AvgIpc) is 2.02. The van der Waals surface area contributed by atoms with Crippen molar-refractivity contribution in [2.24, 2.45) is 0 Å². The van der Waals surface area contributed by atoms with Crippen LogP contribution >= 0.6 is 22.6 Å². The highest BCUT2D eigenvalue weighted by Crippen LogP contribution is 2.30. The lowest BCUT2D eigenvalue weighted by molar-refractivity contribution is -0.137. The van der Waals surface area contributed by atoms with Crippen LogP contribution in [0.15, 0.2) is 12.1 Å². The molecule has 1 heterocycles. The summed E-state index contributed by atoms with van der Waals surface area (Å²) in [6.45, 7) is 0. The number of pyridine rings is 1. The van der Waals surface area contributed by atoms with Gasteiger partial charge in [-0.2, -0.15) is 18.4 Å². The van der Waals surface area contributed by atoms with E-state index in [0.717, 1.165) is 12.1 Å². The standard InChI is InChI=1S/C8H4F3IN2/c9-8(10,11)5-3-6(1-2-13)14-7(12)4-5/h3-4H,1H2. The summed E-state index contributed by atoms with van der Waals surface area (Å²) < 4.78 is 37.1. The molecule has 0 aliphatic carbocycles. The normalized spacial score (nSPS) is 11.1. The third-order valence-corrected chi connectivity index (χ3v) is 1.99. The minimum Gasteiger partial charge on any atom is -0.246 e. The van der Waals surface area contributed by atoms with Crippen molar-refractivity contribution in [3.05, 3.63) is 27.1 Å². The van der Waals surface area contributed by atoms with Gasteiger partial charge in [0.1, 0.15) is 3.70 Å². The van der Waals surface area contributed by atoms with E-state index in [4.69, 9.17) is 5.26 Å². The van der Waals surface area contributed by atoms with Crippen molar-refractivity contribution in [1.29, 1.82) is 5.26 Å². The highest BCUT2D eigenvalue weighted by atomic mass is 127. The van der Waals surface area contributed by atoms with Crippen molar-refractivity contribution in [3.63, 3.8) is 0 Å². The van der Waals surface area contributed by atoms with Crippen molar-refractivity contribution in [2.75, 3.05) is 0 Å². The van der Waals surface area contributed by atoms with E-state index in [1.54, 1.807) is 28.7 Å². The van der Waals surface area contributed by atoms with Crippen LogP contribution in [-0.2, 0) is 12.6 Å². The lowest BCUT2D eigenvalue weighted by Gasteiger charge is -2.07. The number of alkyl halides is 3. The van der Waals surface area contributed by atoms with Gasteiger partial charge in [0.05, 0.1) is 23.7 Å². The quantitative estimate of drug-likeness (QED) is 0.590. The van der Waals surface area contributed by atoms with Gasteiger partial charge in [0, 0.05) is 0 Å². The summed E-state index contributed by atoms with van der Waals surface area (Å²) in [6.07, 6.45) is -4.49. The summed E-state index contributed by atoms with van der Waals surface area (Å²) in [4.78, 5) is 3.80. The van der Waals surface area contributed by atoms with E-state index in [1.165, 1.54) is 0 Å². The monoisotopic (exact) mass is 312 g/mol. The summed E-state index contributed by atoms with van der Waals surface area (Å²) in [6, 6.07) is 3.60. The Hall–Kier alpha value is -0.840. The van der Waals surface area contributed by atoms with Crippen LogP contribution in [-0.4, -0.2) is 4.98 Å². The van der Waals surface area contributed by atoms with Crippen molar-refractivity contribution in [2.45, 2.75) is 12.6 Å². The molecule has 0 bridgehead atoms.